The fraction of sp³-hybridized carbons (Fsp3) is 0.423. The molecular weight excluding hydrogens is 419 g/mol. The van der Waals surface area contributed by atoms with E-state index in [0.29, 0.717) is 43.0 Å². The largest absolute Gasteiger partial charge is 0.340 e. The number of hydrogen-bond acceptors (Lipinski definition) is 3. The molecule has 0 aliphatic rings. The molecule has 0 fully saturated rings. The monoisotopic (exact) mass is 452 g/mol. The Morgan fingerprint density at radius 2 is 1.79 bits per heavy atom. The van der Waals surface area contributed by atoms with Crippen molar-refractivity contribution in [3.05, 3.63) is 59.2 Å². The number of carbonyl (C=O) groups is 2. The summed E-state index contributed by atoms with van der Waals surface area (Å²) < 4.78 is 13.9. The van der Waals surface area contributed by atoms with Crippen LogP contribution < -0.4 is 4.90 Å². The summed E-state index contributed by atoms with van der Waals surface area (Å²) in [6.45, 7) is 9.45. The van der Waals surface area contributed by atoms with Crippen LogP contribution in [0.4, 0.5) is 10.1 Å². The maximum absolute atomic E-state index is 13.9. The number of nitrogens with zero attached hydrogens (tertiary/aromatic N) is 3. The lowest BCUT2D eigenvalue weighted by Gasteiger charge is -2.21. The first-order chi connectivity index (χ1) is 15.9. The van der Waals surface area contributed by atoms with Crippen LogP contribution in [0, 0.1) is 5.82 Å². The van der Waals surface area contributed by atoms with Gasteiger partial charge in [-0.1, -0.05) is 26.3 Å². The second-order valence-corrected chi connectivity index (χ2v) is 8.11. The SMILES string of the molecule is CCCC(=O)N(Cc1nc2c(CCC)c(C(=O)N(CC)CC)ccc2[nH]1)c1cccc(F)c1. The van der Waals surface area contributed by atoms with Crippen molar-refractivity contribution in [2.75, 3.05) is 18.0 Å². The molecule has 0 unspecified atom stereocenters. The molecule has 0 saturated heterocycles. The summed E-state index contributed by atoms with van der Waals surface area (Å²) in [6.07, 6.45) is 2.67. The number of fused-ring (bicyclic) bond motifs is 1. The summed E-state index contributed by atoms with van der Waals surface area (Å²) in [5, 5.41) is 0. The molecule has 176 valence electrons. The van der Waals surface area contributed by atoms with Crippen LogP contribution in [0.15, 0.2) is 36.4 Å². The lowest BCUT2D eigenvalue weighted by Crippen LogP contribution is -2.31. The highest BCUT2D eigenvalue weighted by Crippen LogP contribution is 2.26. The van der Waals surface area contributed by atoms with Crippen LogP contribution in [0.2, 0.25) is 0 Å². The number of rotatable bonds is 10. The summed E-state index contributed by atoms with van der Waals surface area (Å²) in [5.41, 5.74) is 3.68. The number of carbonyl (C=O) groups excluding carboxylic acids is 2. The molecule has 3 aromatic rings. The molecule has 1 N–H and O–H groups in total. The summed E-state index contributed by atoms with van der Waals surface area (Å²) in [6, 6.07) is 9.78. The van der Waals surface area contributed by atoms with Crippen LogP contribution in [-0.4, -0.2) is 39.8 Å². The molecular formula is C26H33FN4O2. The minimum absolute atomic E-state index is 0.00871. The Balaban J connectivity index is 2.03. The predicted molar refractivity (Wildman–Crippen MR) is 130 cm³/mol. The number of aromatic amines is 1. The zero-order valence-corrected chi connectivity index (χ0v) is 19.9. The van der Waals surface area contributed by atoms with Crippen LogP contribution in [0.25, 0.3) is 11.0 Å². The van der Waals surface area contributed by atoms with Crippen molar-refractivity contribution in [3.8, 4) is 0 Å². The summed E-state index contributed by atoms with van der Waals surface area (Å²) in [7, 11) is 0. The van der Waals surface area contributed by atoms with Gasteiger partial charge in [0.25, 0.3) is 5.91 Å². The van der Waals surface area contributed by atoms with E-state index in [-0.39, 0.29) is 18.4 Å². The maximum Gasteiger partial charge on any atom is 0.254 e. The van der Waals surface area contributed by atoms with Gasteiger partial charge in [0.1, 0.15) is 11.6 Å². The van der Waals surface area contributed by atoms with Crippen molar-refractivity contribution >= 4 is 28.5 Å². The number of nitrogens with one attached hydrogen (secondary N) is 1. The van der Waals surface area contributed by atoms with Crippen LogP contribution in [0.3, 0.4) is 0 Å². The Morgan fingerprint density at radius 3 is 2.42 bits per heavy atom. The van der Waals surface area contributed by atoms with Crippen LogP contribution in [0.1, 0.15) is 68.7 Å². The lowest BCUT2D eigenvalue weighted by atomic mass is 10.00. The van der Waals surface area contributed by atoms with Crippen molar-refractivity contribution < 1.29 is 14.0 Å². The first-order valence-corrected chi connectivity index (χ1v) is 11.8. The molecule has 0 aliphatic carbocycles. The molecule has 1 aromatic heterocycles. The molecule has 2 amide bonds. The predicted octanol–water partition coefficient (Wildman–Crippen LogP) is 5.47. The molecule has 33 heavy (non-hydrogen) atoms. The minimum Gasteiger partial charge on any atom is -0.340 e. The Hall–Kier alpha value is -3.22. The maximum atomic E-state index is 13.9. The molecule has 0 aliphatic heterocycles. The van der Waals surface area contributed by atoms with Gasteiger partial charge in [-0.3, -0.25) is 9.59 Å². The Bertz CT molecular complexity index is 1120. The number of aromatic nitrogens is 2. The molecule has 3 rings (SSSR count). The number of amides is 2. The van der Waals surface area contributed by atoms with Gasteiger partial charge < -0.3 is 14.8 Å². The van der Waals surface area contributed by atoms with Crippen LogP contribution in [-0.2, 0) is 17.8 Å². The van der Waals surface area contributed by atoms with E-state index in [0.717, 1.165) is 29.4 Å². The van der Waals surface area contributed by atoms with Crippen molar-refractivity contribution in [2.24, 2.45) is 0 Å². The Labute approximate surface area is 194 Å². The van der Waals surface area contributed by atoms with E-state index in [1.165, 1.54) is 12.1 Å². The number of aryl methyl sites for hydroxylation is 1. The molecule has 2 aromatic carbocycles. The minimum atomic E-state index is -0.392. The third-order valence-corrected chi connectivity index (χ3v) is 5.78. The van der Waals surface area contributed by atoms with Crippen LogP contribution >= 0.6 is 0 Å². The summed E-state index contributed by atoms with van der Waals surface area (Å²) in [4.78, 5) is 37.4. The highest BCUT2D eigenvalue weighted by atomic mass is 19.1. The number of anilines is 1. The third kappa shape index (κ3) is 5.41. The second-order valence-electron chi connectivity index (χ2n) is 8.11. The zero-order chi connectivity index (χ0) is 24.0. The normalized spacial score (nSPS) is 11.1. The van der Waals surface area contributed by atoms with E-state index < -0.39 is 5.82 Å². The number of hydrogen-bond donors (Lipinski definition) is 1. The molecule has 7 heteroatoms. The van der Waals surface area contributed by atoms with Crippen LogP contribution in [0.5, 0.6) is 0 Å². The molecule has 0 spiro atoms. The van der Waals surface area contributed by atoms with E-state index in [9.17, 15) is 14.0 Å². The average Bonchev–Trinajstić information content (AvgIpc) is 3.22. The van der Waals surface area contributed by atoms with Gasteiger partial charge in [0.2, 0.25) is 5.91 Å². The smallest absolute Gasteiger partial charge is 0.254 e. The first kappa shape index (κ1) is 24.4. The molecule has 0 atom stereocenters. The van der Waals surface area contributed by atoms with E-state index in [2.05, 4.69) is 11.9 Å². The van der Waals surface area contributed by atoms with Gasteiger partial charge in [-0.25, -0.2) is 9.37 Å². The van der Waals surface area contributed by atoms with Gasteiger partial charge in [-0.15, -0.1) is 0 Å². The zero-order valence-electron chi connectivity index (χ0n) is 19.9. The van der Waals surface area contributed by atoms with Gasteiger partial charge in [0.05, 0.1) is 17.6 Å². The van der Waals surface area contributed by atoms with Crippen molar-refractivity contribution in [1.29, 1.82) is 0 Å². The standard InChI is InChI=1S/C26H33FN4O2/c1-5-10-20-21(26(33)30(7-3)8-4)14-15-22-25(20)29-23(28-22)17-31(24(32)11-6-2)19-13-9-12-18(27)16-19/h9,12-16H,5-8,10-11,17H2,1-4H3,(H,28,29). The lowest BCUT2D eigenvalue weighted by molar-refractivity contribution is -0.118. The van der Waals surface area contributed by atoms with Gasteiger partial charge in [-0.2, -0.15) is 0 Å². The fourth-order valence-electron chi connectivity index (χ4n) is 4.11. The Kier molecular flexibility index (Phi) is 8.20. The molecule has 0 saturated carbocycles. The number of H-pyrrole nitrogens is 1. The second kappa shape index (κ2) is 11.1. The molecule has 0 bridgehead atoms. The highest BCUT2D eigenvalue weighted by molar-refractivity contribution is 6.00. The van der Waals surface area contributed by atoms with Crippen molar-refractivity contribution in [1.82, 2.24) is 14.9 Å². The molecule has 0 radical (unpaired) electrons. The van der Waals surface area contributed by atoms with E-state index in [4.69, 9.17) is 4.98 Å². The third-order valence-electron chi connectivity index (χ3n) is 5.78. The van der Waals surface area contributed by atoms with Gasteiger partial charge in [0.15, 0.2) is 0 Å². The number of benzene rings is 2. The topological polar surface area (TPSA) is 69.3 Å². The first-order valence-electron chi connectivity index (χ1n) is 11.8. The quantitative estimate of drug-likeness (QED) is 0.443. The molecule has 6 nitrogen and oxygen atoms in total. The summed E-state index contributed by atoms with van der Waals surface area (Å²) >= 11 is 0. The Morgan fingerprint density at radius 1 is 1.03 bits per heavy atom. The number of imidazole rings is 1. The fourth-order valence-corrected chi connectivity index (χ4v) is 4.11. The van der Waals surface area contributed by atoms with Crippen molar-refractivity contribution in [2.45, 2.75) is 59.9 Å². The highest BCUT2D eigenvalue weighted by Gasteiger charge is 2.22. The van der Waals surface area contributed by atoms with Crippen molar-refractivity contribution in [3.63, 3.8) is 0 Å². The average molecular weight is 453 g/mol. The van der Waals surface area contributed by atoms with E-state index in [1.54, 1.807) is 17.0 Å². The molecule has 1 heterocycles. The van der Waals surface area contributed by atoms with E-state index in [1.807, 2.05) is 37.8 Å². The van der Waals surface area contributed by atoms with E-state index >= 15 is 0 Å². The van der Waals surface area contributed by atoms with Gasteiger partial charge in [0, 0.05) is 30.8 Å². The van der Waals surface area contributed by atoms with Gasteiger partial charge in [-0.05, 0) is 62.6 Å². The number of halogens is 1. The summed E-state index contributed by atoms with van der Waals surface area (Å²) in [5.74, 6) is 0.129. The van der Waals surface area contributed by atoms with Gasteiger partial charge >= 0.3 is 0 Å².